The van der Waals surface area contributed by atoms with Gasteiger partial charge in [0.1, 0.15) is 6.61 Å². The Labute approximate surface area is 205 Å². The van der Waals surface area contributed by atoms with Crippen LogP contribution in [-0.4, -0.2) is 73.9 Å². The number of aliphatic hydroxyl groups excluding tert-OH is 1. The number of hydrogen-bond acceptors (Lipinski definition) is 9. The zero-order valence-corrected chi connectivity index (χ0v) is 20.3. The molecule has 0 radical (unpaired) electrons. The van der Waals surface area contributed by atoms with Crippen molar-refractivity contribution in [3.63, 3.8) is 0 Å². The minimum absolute atomic E-state index is 0.168. The summed E-state index contributed by atoms with van der Waals surface area (Å²) in [5.41, 5.74) is 1.81. The van der Waals surface area contributed by atoms with Gasteiger partial charge in [-0.05, 0) is 17.7 Å². The molecule has 0 aliphatic rings. The standard InChI is InChI=1S/C26H31N3O6/c1-5-13-34-18-21(30)17-29(16-19-9-7-6-8-10-19)12-11-24-27-26(28-35-24)20-14-22(31-2)25(33-4)23(15-20)32-3/h1,6-10,14-15,21,30H,11-13,16-18H2,2-4H3. The zero-order valence-electron chi connectivity index (χ0n) is 20.3. The van der Waals surface area contributed by atoms with E-state index < -0.39 is 6.10 Å². The monoisotopic (exact) mass is 481 g/mol. The van der Waals surface area contributed by atoms with E-state index in [1.807, 2.05) is 30.3 Å². The molecule has 3 aromatic rings. The van der Waals surface area contributed by atoms with Gasteiger partial charge in [-0.25, -0.2) is 0 Å². The molecule has 1 aromatic heterocycles. The molecule has 1 atom stereocenters. The Kier molecular flexibility index (Phi) is 9.93. The highest BCUT2D eigenvalue weighted by Crippen LogP contribution is 2.40. The molecule has 9 nitrogen and oxygen atoms in total. The van der Waals surface area contributed by atoms with Crippen LogP contribution in [0.5, 0.6) is 17.2 Å². The molecular formula is C26H31N3O6. The van der Waals surface area contributed by atoms with Crippen molar-refractivity contribution in [2.75, 3.05) is 47.6 Å². The van der Waals surface area contributed by atoms with Gasteiger partial charge >= 0.3 is 0 Å². The predicted octanol–water partition coefficient (Wildman–Crippen LogP) is 2.82. The second-order valence-corrected chi connectivity index (χ2v) is 7.77. The summed E-state index contributed by atoms with van der Waals surface area (Å²) >= 11 is 0. The molecule has 0 saturated carbocycles. The van der Waals surface area contributed by atoms with E-state index >= 15 is 0 Å². The van der Waals surface area contributed by atoms with Crippen LogP contribution in [0.3, 0.4) is 0 Å². The van der Waals surface area contributed by atoms with Gasteiger partial charge in [0.25, 0.3) is 0 Å². The fourth-order valence-electron chi connectivity index (χ4n) is 3.62. The average Bonchev–Trinajstić information content (AvgIpc) is 3.36. The average molecular weight is 482 g/mol. The molecule has 0 aliphatic heterocycles. The van der Waals surface area contributed by atoms with Gasteiger partial charge in [-0.3, -0.25) is 4.90 Å². The van der Waals surface area contributed by atoms with Crippen molar-refractivity contribution in [2.24, 2.45) is 0 Å². The molecule has 186 valence electrons. The topological polar surface area (TPSA) is 99.3 Å². The Morgan fingerprint density at radius 3 is 2.43 bits per heavy atom. The zero-order chi connectivity index (χ0) is 25.0. The minimum atomic E-state index is -0.676. The highest BCUT2D eigenvalue weighted by molar-refractivity contribution is 5.66. The Morgan fingerprint density at radius 2 is 1.80 bits per heavy atom. The van der Waals surface area contributed by atoms with Gasteiger partial charge in [-0.2, -0.15) is 4.98 Å². The summed E-state index contributed by atoms with van der Waals surface area (Å²) in [5.74, 6) is 4.79. The van der Waals surface area contributed by atoms with Crippen LogP contribution in [0.4, 0.5) is 0 Å². The maximum atomic E-state index is 10.4. The number of terminal acetylenes is 1. The first-order chi connectivity index (χ1) is 17.1. The number of aromatic nitrogens is 2. The number of aliphatic hydroxyl groups is 1. The highest BCUT2D eigenvalue weighted by atomic mass is 16.5. The SMILES string of the molecule is C#CCOCC(O)CN(CCc1nc(-c2cc(OC)c(OC)c(OC)c2)no1)Cc1ccccc1. The lowest BCUT2D eigenvalue weighted by molar-refractivity contribution is 0.0259. The van der Waals surface area contributed by atoms with Gasteiger partial charge in [0.05, 0.1) is 34.0 Å². The summed E-state index contributed by atoms with van der Waals surface area (Å²) in [6, 6.07) is 13.6. The maximum absolute atomic E-state index is 10.4. The van der Waals surface area contributed by atoms with E-state index in [9.17, 15) is 5.11 Å². The summed E-state index contributed by atoms with van der Waals surface area (Å²) < 4.78 is 27.0. The molecular weight excluding hydrogens is 450 g/mol. The molecule has 0 bridgehead atoms. The fraction of sp³-hybridized carbons (Fsp3) is 0.385. The van der Waals surface area contributed by atoms with Crippen molar-refractivity contribution in [2.45, 2.75) is 19.1 Å². The highest BCUT2D eigenvalue weighted by Gasteiger charge is 2.19. The van der Waals surface area contributed by atoms with E-state index in [1.54, 1.807) is 33.5 Å². The molecule has 35 heavy (non-hydrogen) atoms. The van der Waals surface area contributed by atoms with Gasteiger partial charge in [0, 0.05) is 31.6 Å². The van der Waals surface area contributed by atoms with E-state index in [0.29, 0.717) is 60.6 Å². The minimum Gasteiger partial charge on any atom is -0.493 e. The fourth-order valence-corrected chi connectivity index (χ4v) is 3.62. The van der Waals surface area contributed by atoms with Crippen LogP contribution in [-0.2, 0) is 17.7 Å². The predicted molar refractivity (Wildman–Crippen MR) is 130 cm³/mol. The van der Waals surface area contributed by atoms with Crippen molar-refractivity contribution in [3.8, 4) is 41.0 Å². The van der Waals surface area contributed by atoms with Crippen LogP contribution < -0.4 is 14.2 Å². The third kappa shape index (κ3) is 7.45. The molecule has 0 amide bonds. The lowest BCUT2D eigenvalue weighted by Crippen LogP contribution is -2.36. The lowest BCUT2D eigenvalue weighted by Gasteiger charge is -2.24. The van der Waals surface area contributed by atoms with Crippen LogP contribution in [0, 0.1) is 12.3 Å². The van der Waals surface area contributed by atoms with E-state index in [2.05, 4.69) is 21.0 Å². The Bertz CT molecular complexity index is 1070. The molecule has 1 unspecified atom stereocenters. The normalized spacial score (nSPS) is 11.8. The molecule has 0 saturated heterocycles. The largest absolute Gasteiger partial charge is 0.493 e. The first-order valence-corrected chi connectivity index (χ1v) is 11.2. The third-order valence-electron chi connectivity index (χ3n) is 5.25. The van der Waals surface area contributed by atoms with Gasteiger partial charge in [-0.1, -0.05) is 41.4 Å². The Balaban J connectivity index is 1.70. The lowest BCUT2D eigenvalue weighted by atomic mass is 10.1. The molecule has 1 heterocycles. The number of nitrogens with zero attached hydrogens (tertiary/aromatic N) is 3. The first-order valence-electron chi connectivity index (χ1n) is 11.2. The summed E-state index contributed by atoms with van der Waals surface area (Å²) in [4.78, 5) is 6.65. The van der Waals surface area contributed by atoms with E-state index in [0.717, 1.165) is 5.56 Å². The molecule has 3 rings (SSSR count). The summed E-state index contributed by atoms with van der Waals surface area (Å²) in [6.07, 6.45) is 5.04. The number of benzene rings is 2. The third-order valence-corrected chi connectivity index (χ3v) is 5.25. The van der Waals surface area contributed by atoms with Gasteiger partial charge in [-0.15, -0.1) is 6.42 Å². The molecule has 0 aliphatic carbocycles. The maximum Gasteiger partial charge on any atom is 0.228 e. The van der Waals surface area contributed by atoms with Crippen molar-refractivity contribution in [1.29, 1.82) is 0 Å². The molecule has 0 spiro atoms. The molecule has 1 N–H and O–H groups in total. The van der Waals surface area contributed by atoms with Crippen LogP contribution in [0.2, 0.25) is 0 Å². The van der Waals surface area contributed by atoms with Gasteiger partial charge in [0.15, 0.2) is 11.5 Å². The van der Waals surface area contributed by atoms with Crippen molar-refractivity contribution >= 4 is 0 Å². The van der Waals surface area contributed by atoms with Crippen molar-refractivity contribution in [1.82, 2.24) is 15.0 Å². The second-order valence-electron chi connectivity index (χ2n) is 7.77. The smallest absolute Gasteiger partial charge is 0.228 e. The molecule has 2 aromatic carbocycles. The number of hydrogen-bond donors (Lipinski definition) is 1. The van der Waals surface area contributed by atoms with Crippen molar-refractivity contribution < 1.29 is 28.6 Å². The van der Waals surface area contributed by atoms with Gasteiger partial charge < -0.3 is 28.6 Å². The number of methoxy groups -OCH3 is 3. The van der Waals surface area contributed by atoms with E-state index in [1.165, 1.54) is 0 Å². The van der Waals surface area contributed by atoms with Gasteiger partial charge in [0.2, 0.25) is 17.5 Å². The number of rotatable bonds is 14. The van der Waals surface area contributed by atoms with Crippen LogP contribution in [0.1, 0.15) is 11.5 Å². The molecule has 0 fully saturated rings. The summed E-state index contributed by atoms with van der Waals surface area (Å²) in [6.45, 7) is 2.00. The summed E-state index contributed by atoms with van der Waals surface area (Å²) in [7, 11) is 4.65. The second kappa shape index (κ2) is 13.3. The number of ether oxygens (including phenoxy) is 4. The van der Waals surface area contributed by atoms with Crippen LogP contribution in [0.15, 0.2) is 47.0 Å². The van der Waals surface area contributed by atoms with E-state index in [-0.39, 0.29) is 13.2 Å². The Morgan fingerprint density at radius 1 is 1.09 bits per heavy atom. The first kappa shape index (κ1) is 26.0. The quantitative estimate of drug-likeness (QED) is 0.275. The van der Waals surface area contributed by atoms with E-state index in [4.69, 9.17) is 29.9 Å². The summed E-state index contributed by atoms with van der Waals surface area (Å²) in [5, 5.41) is 14.5. The Hall–Kier alpha value is -3.58. The van der Waals surface area contributed by atoms with Crippen LogP contribution >= 0.6 is 0 Å². The van der Waals surface area contributed by atoms with Crippen molar-refractivity contribution in [3.05, 3.63) is 53.9 Å². The molecule has 9 heteroatoms. The van der Waals surface area contributed by atoms with Crippen LogP contribution in [0.25, 0.3) is 11.4 Å².